The minimum absolute atomic E-state index is 0.220. The highest BCUT2D eigenvalue weighted by atomic mass is 16.5. The summed E-state index contributed by atoms with van der Waals surface area (Å²) in [5.74, 6) is 0. The third-order valence-corrected chi connectivity index (χ3v) is 2.47. The summed E-state index contributed by atoms with van der Waals surface area (Å²) in [5, 5.41) is 28.2. The lowest BCUT2D eigenvalue weighted by Crippen LogP contribution is -2.47. The third kappa shape index (κ3) is 3.18. The SMILES string of the molecule is NCCCO[C@@H]1C[C@H](O)C[C@@H](O)[C@H]1O. The predicted molar refractivity (Wildman–Crippen MR) is 50.7 cm³/mol. The van der Waals surface area contributed by atoms with Gasteiger partial charge in [-0.2, -0.15) is 0 Å². The summed E-state index contributed by atoms with van der Waals surface area (Å²) in [6.07, 6.45) is -1.52. The molecule has 1 fully saturated rings. The molecule has 0 aromatic heterocycles. The van der Waals surface area contributed by atoms with Crippen LogP contribution < -0.4 is 5.73 Å². The Bertz CT molecular complexity index is 167. The molecule has 0 amide bonds. The molecule has 1 aliphatic rings. The number of hydrogen-bond acceptors (Lipinski definition) is 5. The molecular formula is C9H19NO4. The van der Waals surface area contributed by atoms with E-state index in [2.05, 4.69) is 0 Å². The van der Waals surface area contributed by atoms with Gasteiger partial charge < -0.3 is 25.8 Å². The first-order chi connectivity index (χ1) is 6.65. The Labute approximate surface area is 83.5 Å². The summed E-state index contributed by atoms with van der Waals surface area (Å²) in [6, 6.07) is 0. The number of hydrogen-bond donors (Lipinski definition) is 4. The second-order valence-electron chi connectivity index (χ2n) is 3.73. The second-order valence-corrected chi connectivity index (χ2v) is 3.73. The minimum atomic E-state index is -0.892. The highest BCUT2D eigenvalue weighted by Crippen LogP contribution is 2.22. The van der Waals surface area contributed by atoms with Gasteiger partial charge >= 0.3 is 0 Å². The van der Waals surface area contributed by atoms with E-state index in [4.69, 9.17) is 10.5 Å². The zero-order chi connectivity index (χ0) is 10.6. The summed E-state index contributed by atoms with van der Waals surface area (Å²) in [5.41, 5.74) is 5.29. The van der Waals surface area contributed by atoms with E-state index in [0.717, 1.165) is 6.42 Å². The molecule has 0 heterocycles. The van der Waals surface area contributed by atoms with Crippen LogP contribution in [0.15, 0.2) is 0 Å². The molecule has 5 nitrogen and oxygen atoms in total. The molecule has 14 heavy (non-hydrogen) atoms. The van der Waals surface area contributed by atoms with Crippen molar-refractivity contribution in [1.82, 2.24) is 0 Å². The molecule has 0 bridgehead atoms. The van der Waals surface area contributed by atoms with Crippen LogP contribution in [0.1, 0.15) is 19.3 Å². The van der Waals surface area contributed by atoms with Crippen molar-refractivity contribution in [2.75, 3.05) is 13.2 Å². The molecule has 5 N–H and O–H groups in total. The molecule has 4 atom stereocenters. The van der Waals surface area contributed by atoms with Crippen LogP contribution in [-0.2, 0) is 4.74 Å². The predicted octanol–water partition coefficient (Wildman–Crippen LogP) is -1.40. The molecule has 5 heteroatoms. The Morgan fingerprint density at radius 1 is 1.21 bits per heavy atom. The van der Waals surface area contributed by atoms with Gasteiger partial charge in [0.1, 0.15) is 6.10 Å². The van der Waals surface area contributed by atoms with Crippen LogP contribution in [0, 0.1) is 0 Å². The van der Waals surface area contributed by atoms with Crippen molar-refractivity contribution < 1.29 is 20.1 Å². The topological polar surface area (TPSA) is 95.9 Å². The van der Waals surface area contributed by atoms with Crippen molar-refractivity contribution in [1.29, 1.82) is 0 Å². The van der Waals surface area contributed by atoms with Gasteiger partial charge in [-0.3, -0.25) is 0 Å². The second kappa shape index (κ2) is 5.63. The van der Waals surface area contributed by atoms with Gasteiger partial charge in [0.2, 0.25) is 0 Å². The van der Waals surface area contributed by atoms with Crippen molar-refractivity contribution in [3.63, 3.8) is 0 Å². The Morgan fingerprint density at radius 2 is 1.93 bits per heavy atom. The molecule has 0 aliphatic heterocycles. The number of aliphatic hydroxyl groups is 3. The van der Waals surface area contributed by atoms with E-state index in [9.17, 15) is 15.3 Å². The van der Waals surface area contributed by atoms with Gasteiger partial charge in [0, 0.05) is 19.4 Å². The van der Waals surface area contributed by atoms with E-state index in [1.165, 1.54) is 0 Å². The Hall–Kier alpha value is -0.200. The maximum atomic E-state index is 9.54. The lowest BCUT2D eigenvalue weighted by atomic mass is 9.90. The van der Waals surface area contributed by atoms with Gasteiger partial charge in [-0.15, -0.1) is 0 Å². The molecule has 0 saturated heterocycles. The van der Waals surface area contributed by atoms with E-state index in [0.29, 0.717) is 19.6 Å². The largest absolute Gasteiger partial charge is 0.393 e. The fourth-order valence-corrected chi connectivity index (χ4v) is 1.65. The number of nitrogens with two attached hydrogens (primary N) is 1. The summed E-state index contributed by atoms with van der Waals surface area (Å²) in [6.45, 7) is 0.992. The third-order valence-electron chi connectivity index (χ3n) is 2.47. The summed E-state index contributed by atoms with van der Waals surface area (Å²) >= 11 is 0. The van der Waals surface area contributed by atoms with E-state index < -0.39 is 24.4 Å². The summed E-state index contributed by atoms with van der Waals surface area (Å²) < 4.78 is 5.33. The maximum absolute atomic E-state index is 9.54. The minimum Gasteiger partial charge on any atom is -0.393 e. The van der Waals surface area contributed by atoms with E-state index in [-0.39, 0.29) is 6.42 Å². The lowest BCUT2D eigenvalue weighted by Gasteiger charge is -2.34. The first-order valence-corrected chi connectivity index (χ1v) is 5.01. The van der Waals surface area contributed by atoms with Crippen molar-refractivity contribution in [3.8, 4) is 0 Å². The lowest BCUT2D eigenvalue weighted by molar-refractivity contribution is -0.139. The van der Waals surface area contributed by atoms with E-state index in [1.54, 1.807) is 0 Å². The van der Waals surface area contributed by atoms with E-state index in [1.807, 2.05) is 0 Å². The van der Waals surface area contributed by atoms with Crippen molar-refractivity contribution >= 4 is 0 Å². The molecular weight excluding hydrogens is 186 g/mol. The monoisotopic (exact) mass is 205 g/mol. The van der Waals surface area contributed by atoms with Crippen LogP contribution in [0.5, 0.6) is 0 Å². The molecule has 0 radical (unpaired) electrons. The standard InChI is InChI=1S/C9H19NO4/c10-2-1-3-14-8-5-6(11)4-7(12)9(8)13/h6-9,11-13H,1-5,10H2/t6-,7-,8-,9-/m1/s1. The van der Waals surface area contributed by atoms with Crippen LogP contribution in [-0.4, -0.2) is 52.9 Å². The van der Waals surface area contributed by atoms with Gasteiger partial charge in [-0.1, -0.05) is 0 Å². The molecule has 0 spiro atoms. The zero-order valence-corrected chi connectivity index (χ0v) is 8.17. The maximum Gasteiger partial charge on any atom is 0.106 e. The summed E-state index contributed by atoms with van der Waals surface area (Å²) in [4.78, 5) is 0. The molecule has 1 saturated carbocycles. The van der Waals surface area contributed by atoms with Gasteiger partial charge in [0.15, 0.2) is 0 Å². The highest BCUT2D eigenvalue weighted by molar-refractivity contribution is 4.86. The Kier molecular flexibility index (Phi) is 4.77. The normalized spacial score (nSPS) is 38.6. The Morgan fingerprint density at radius 3 is 2.57 bits per heavy atom. The van der Waals surface area contributed by atoms with Crippen molar-refractivity contribution in [3.05, 3.63) is 0 Å². The smallest absolute Gasteiger partial charge is 0.106 e. The van der Waals surface area contributed by atoms with Crippen molar-refractivity contribution in [2.24, 2.45) is 5.73 Å². The van der Waals surface area contributed by atoms with Gasteiger partial charge in [0.05, 0.1) is 18.3 Å². The van der Waals surface area contributed by atoms with Crippen LogP contribution in [0.25, 0.3) is 0 Å². The number of ether oxygens (including phenoxy) is 1. The fraction of sp³-hybridized carbons (Fsp3) is 1.00. The Balaban J connectivity index is 2.33. The van der Waals surface area contributed by atoms with Crippen molar-refractivity contribution in [2.45, 2.75) is 43.7 Å². The number of rotatable bonds is 4. The van der Waals surface area contributed by atoms with Gasteiger partial charge in [-0.05, 0) is 13.0 Å². The van der Waals surface area contributed by atoms with Crippen LogP contribution >= 0.6 is 0 Å². The molecule has 0 unspecified atom stereocenters. The first-order valence-electron chi connectivity index (χ1n) is 5.01. The highest BCUT2D eigenvalue weighted by Gasteiger charge is 2.35. The van der Waals surface area contributed by atoms with Crippen LogP contribution in [0.3, 0.4) is 0 Å². The molecule has 0 aromatic carbocycles. The van der Waals surface area contributed by atoms with Crippen LogP contribution in [0.4, 0.5) is 0 Å². The van der Waals surface area contributed by atoms with Crippen LogP contribution in [0.2, 0.25) is 0 Å². The average molecular weight is 205 g/mol. The zero-order valence-electron chi connectivity index (χ0n) is 8.17. The summed E-state index contributed by atoms with van der Waals surface area (Å²) in [7, 11) is 0. The van der Waals surface area contributed by atoms with E-state index >= 15 is 0 Å². The quantitative estimate of drug-likeness (QED) is 0.423. The molecule has 0 aromatic rings. The fourth-order valence-electron chi connectivity index (χ4n) is 1.65. The van der Waals surface area contributed by atoms with Gasteiger partial charge in [-0.25, -0.2) is 0 Å². The van der Waals surface area contributed by atoms with Gasteiger partial charge in [0.25, 0.3) is 0 Å². The first kappa shape index (κ1) is 11.9. The average Bonchev–Trinajstić information content (AvgIpc) is 2.13. The number of aliphatic hydroxyl groups excluding tert-OH is 3. The molecule has 1 aliphatic carbocycles. The molecule has 84 valence electrons. The molecule has 1 rings (SSSR count).